The number of benzene rings is 2. The molecule has 2 aromatic carbocycles. The van der Waals surface area contributed by atoms with Crippen molar-refractivity contribution in [3.63, 3.8) is 0 Å². The Morgan fingerprint density at radius 3 is 2.57 bits per heavy atom. The van der Waals surface area contributed by atoms with Crippen LogP contribution in [0.15, 0.2) is 73.8 Å². The van der Waals surface area contributed by atoms with Crippen LogP contribution in [0.1, 0.15) is 56.2 Å². The third kappa shape index (κ3) is 5.39. The molecular weight excluding hydrogens is 596 g/mol. The number of aliphatic hydroxyl groups is 1. The number of thioether (sulfide) groups is 1. The zero-order chi connectivity index (χ0) is 31.6. The van der Waals surface area contributed by atoms with Gasteiger partial charge >= 0.3 is 5.97 Å². The lowest BCUT2D eigenvalue weighted by Gasteiger charge is -2.40. The lowest BCUT2D eigenvalue weighted by molar-refractivity contribution is -0.156. The van der Waals surface area contributed by atoms with Gasteiger partial charge in [0.15, 0.2) is 0 Å². The van der Waals surface area contributed by atoms with E-state index >= 15 is 4.79 Å². The number of aliphatic hydroxyl groups excluding tert-OH is 1. The number of halogens is 1. The number of fused-ring (bicyclic) bond motifs is 1. The van der Waals surface area contributed by atoms with Gasteiger partial charge in [0.25, 0.3) is 5.91 Å². The van der Waals surface area contributed by atoms with Crippen LogP contribution in [-0.2, 0) is 19.1 Å². The minimum absolute atomic E-state index is 0.177. The molecule has 9 heteroatoms. The molecule has 3 saturated heterocycles. The summed E-state index contributed by atoms with van der Waals surface area (Å²) in [5.74, 6) is -2.47. The minimum Gasteiger partial charge on any atom is -0.465 e. The molecule has 2 aromatic rings. The second-order valence-corrected chi connectivity index (χ2v) is 14.5. The molecule has 6 atom stereocenters. The van der Waals surface area contributed by atoms with Crippen LogP contribution < -0.4 is 4.90 Å². The highest BCUT2D eigenvalue weighted by Gasteiger charge is 2.78. The van der Waals surface area contributed by atoms with Crippen LogP contribution in [0, 0.1) is 18.8 Å². The second kappa shape index (κ2) is 13.1. The van der Waals surface area contributed by atoms with Crippen molar-refractivity contribution in [3.8, 4) is 0 Å². The Labute approximate surface area is 269 Å². The summed E-state index contributed by atoms with van der Waals surface area (Å²) >= 11 is 8.27. The number of para-hydroxylation sites is 1. The summed E-state index contributed by atoms with van der Waals surface area (Å²) in [5.41, 5.74) is 2.09. The van der Waals surface area contributed by atoms with E-state index in [9.17, 15) is 14.7 Å². The fourth-order valence-corrected chi connectivity index (χ4v) is 10.2. The molecule has 234 valence electrons. The van der Waals surface area contributed by atoms with Gasteiger partial charge in [0.1, 0.15) is 6.04 Å². The van der Waals surface area contributed by atoms with Crippen molar-refractivity contribution >= 4 is 46.8 Å². The monoisotopic (exact) mass is 636 g/mol. The zero-order valence-corrected chi connectivity index (χ0v) is 27.0. The molecule has 3 aliphatic rings. The summed E-state index contributed by atoms with van der Waals surface area (Å²) in [4.78, 5) is 46.7. The number of ether oxygens (including phenoxy) is 1. The molecule has 2 amide bonds. The number of unbranched alkanes of at least 4 members (excludes halogenated alkanes) is 2. The van der Waals surface area contributed by atoms with E-state index in [2.05, 4.69) is 13.2 Å². The summed E-state index contributed by atoms with van der Waals surface area (Å²) in [5, 5.41) is 11.2. The molecule has 1 N–H and O–H groups in total. The Morgan fingerprint density at radius 1 is 1.16 bits per heavy atom. The highest BCUT2D eigenvalue weighted by atomic mass is 35.5. The van der Waals surface area contributed by atoms with E-state index in [-0.39, 0.29) is 31.6 Å². The standard InChI is InChI=1S/C35H41ClN2O5S/c1-5-7-8-12-21-43-33(42)28-27-31(40)38(26(22-39)24-15-10-9-11-16-24)30(35(27)19-18-34(28,4)44-35)32(41)37(20-6-2)29-23(3)14-13-17-25(29)36/h5-6,9-11,13-17,26-28,30,39H,1-2,7-8,12,18-22H2,3-4H3/t26-,27+,28+,30?,34-,35?/m1/s1. The topological polar surface area (TPSA) is 87.1 Å². The fourth-order valence-electron chi connectivity index (χ4n) is 7.55. The molecule has 0 aromatic heterocycles. The Hall–Kier alpha value is -3.07. The van der Waals surface area contributed by atoms with Crippen LogP contribution in [-0.4, -0.2) is 63.1 Å². The van der Waals surface area contributed by atoms with Crippen LogP contribution in [0.5, 0.6) is 0 Å². The molecule has 3 fully saturated rings. The van der Waals surface area contributed by atoms with Crippen LogP contribution in [0.2, 0.25) is 5.02 Å². The molecule has 3 aliphatic heterocycles. The van der Waals surface area contributed by atoms with Crippen molar-refractivity contribution in [1.82, 2.24) is 4.90 Å². The Kier molecular flexibility index (Phi) is 9.64. The van der Waals surface area contributed by atoms with E-state index in [1.165, 1.54) is 0 Å². The fraction of sp³-hybridized carbons (Fsp3) is 0.457. The normalized spacial score (nSPS) is 27.6. The van der Waals surface area contributed by atoms with Gasteiger partial charge in [-0.1, -0.05) is 66.2 Å². The van der Waals surface area contributed by atoms with Gasteiger partial charge in [-0.3, -0.25) is 14.4 Å². The summed E-state index contributed by atoms with van der Waals surface area (Å²) in [7, 11) is 0. The maximum Gasteiger partial charge on any atom is 0.311 e. The van der Waals surface area contributed by atoms with Gasteiger partial charge in [0.2, 0.25) is 5.91 Å². The molecule has 2 unspecified atom stereocenters. The number of aryl methyl sites for hydroxylation is 1. The van der Waals surface area contributed by atoms with Crippen LogP contribution in [0.25, 0.3) is 0 Å². The molecule has 2 bridgehead atoms. The first-order chi connectivity index (χ1) is 21.1. The number of carbonyl (C=O) groups excluding carboxylic acids is 3. The van der Waals surface area contributed by atoms with Gasteiger partial charge in [-0.25, -0.2) is 0 Å². The molecule has 5 rings (SSSR count). The number of carbonyl (C=O) groups is 3. The molecule has 0 radical (unpaired) electrons. The molecule has 44 heavy (non-hydrogen) atoms. The summed E-state index contributed by atoms with van der Waals surface area (Å²) < 4.78 is 4.36. The lowest BCUT2D eigenvalue weighted by atomic mass is 9.66. The van der Waals surface area contributed by atoms with E-state index in [1.807, 2.05) is 62.4 Å². The third-order valence-electron chi connectivity index (χ3n) is 9.48. The number of nitrogens with zero attached hydrogens (tertiary/aromatic N) is 2. The van der Waals surface area contributed by atoms with Gasteiger partial charge in [0.05, 0.1) is 46.5 Å². The van der Waals surface area contributed by atoms with Gasteiger partial charge in [0, 0.05) is 11.3 Å². The molecule has 3 heterocycles. The first-order valence-electron chi connectivity index (χ1n) is 15.3. The van der Waals surface area contributed by atoms with Crippen molar-refractivity contribution in [3.05, 3.63) is 90.0 Å². The first-order valence-corrected chi connectivity index (χ1v) is 16.5. The van der Waals surface area contributed by atoms with E-state index in [0.717, 1.165) is 18.4 Å². The van der Waals surface area contributed by atoms with E-state index in [4.69, 9.17) is 16.3 Å². The molecular formula is C35H41ClN2O5S. The number of esters is 1. The van der Waals surface area contributed by atoms with Gasteiger partial charge < -0.3 is 19.6 Å². The SMILES string of the molecule is C=CCCCCOC(=O)[C@@H]1[C@H]2C(=O)N([C@H](CO)c3ccccc3)C(C(=O)N(CC=C)c3c(C)cccc3Cl)C23CC[C@@]1(C)S3. The number of amides is 2. The zero-order valence-electron chi connectivity index (χ0n) is 25.4. The number of hydrogen-bond acceptors (Lipinski definition) is 6. The molecule has 1 spiro atoms. The quantitative estimate of drug-likeness (QED) is 0.158. The Bertz CT molecular complexity index is 1420. The van der Waals surface area contributed by atoms with Gasteiger partial charge in [-0.15, -0.1) is 24.9 Å². The van der Waals surface area contributed by atoms with Crippen LogP contribution in [0.4, 0.5) is 5.69 Å². The highest BCUT2D eigenvalue weighted by Crippen LogP contribution is 2.72. The number of anilines is 1. The number of rotatable bonds is 13. The smallest absolute Gasteiger partial charge is 0.311 e. The number of likely N-dealkylation sites (tertiary alicyclic amines) is 1. The van der Waals surface area contributed by atoms with Crippen molar-refractivity contribution in [2.24, 2.45) is 11.8 Å². The van der Waals surface area contributed by atoms with Crippen LogP contribution >= 0.6 is 23.4 Å². The second-order valence-electron chi connectivity index (χ2n) is 12.2. The van der Waals surface area contributed by atoms with Crippen molar-refractivity contribution in [2.45, 2.75) is 67.5 Å². The largest absolute Gasteiger partial charge is 0.465 e. The Balaban J connectivity index is 1.61. The van der Waals surface area contributed by atoms with Crippen molar-refractivity contribution in [2.75, 3.05) is 24.7 Å². The van der Waals surface area contributed by atoms with Crippen LogP contribution in [0.3, 0.4) is 0 Å². The van der Waals surface area contributed by atoms with E-state index in [0.29, 0.717) is 35.5 Å². The third-order valence-corrected chi connectivity index (χ3v) is 11.8. The predicted octanol–water partition coefficient (Wildman–Crippen LogP) is 6.28. The lowest BCUT2D eigenvalue weighted by Crippen LogP contribution is -2.56. The Morgan fingerprint density at radius 2 is 1.91 bits per heavy atom. The summed E-state index contributed by atoms with van der Waals surface area (Å²) in [6, 6.07) is 13.0. The van der Waals surface area contributed by atoms with Gasteiger partial charge in [-0.2, -0.15) is 0 Å². The van der Waals surface area contributed by atoms with E-state index in [1.54, 1.807) is 33.7 Å². The molecule has 0 saturated carbocycles. The summed E-state index contributed by atoms with van der Waals surface area (Å²) in [6.07, 6.45) is 7.14. The first kappa shape index (κ1) is 32.3. The molecule has 0 aliphatic carbocycles. The van der Waals surface area contributed by atoms with Gasteiger partial charge in [-0.05, 0) is 63.1 Å². The average molecular weight is 637 g/mol. The van der Waals surface area contributed by atoms with E-state index < -0.39 is 39.4 Å². The predicted molar refractivity (Wildman–Crippen MR) is 176 cm³/mol. The summed E-state index contributed by atoms with van der Waals surface area (Å²) in [6.45, 7) is 11.6. The maximum atomic E-state index is 15.0. The average Bonchev–Trinajstić information content (AvgIpc) is 3.58. The molecule has 7 nitrogen and oxygen atoms in total. The van der Waals surface area contributed by atoms with Crippen molar-refractivity contribution in [1.29, 1.82) is 0 Å². The highest BCUT2D eigenvalue weighted by molar-refractivity contribution is 8.02. The minimum atomic E-state index is -0.954. The number of hydrogen-bond donors (Lipinski definition) is 1. The number of allylic oxidation sites excluding steroid dienone is 1. The van der Waals surface area contributed by atoms with Crippen molar-refractivity contribution < 1.29 is 24.2 Å². The maximum absolute atomic E-state index is 15.0.